The summed E-state index contributed by atoms with van der Waals surface area (Å²) in [5, 5.41) is 14.1. The molecule has 0 aliphatic carbocycles. The molecule has 5 heteroatoms. The molecular formula is C14H18BrN3S. The van der Waals surface area contributed by atoms with Crippen molar-refractivity contribution in [2.24, 2.45) is 0 Å². The summed E-state index contributed by atoms with van der Waals surface area (Å²) in [6.07, 6.45) is 3.30. The lowest BCUT2D eigenvalue weighted by Gasteiger charge is -2.00. The number of nitrogens with zero attached hydrogens (tertiary/aromatic N) is 2. The average Bonchev–Trinajstić information content (AvgIpc) is 2.88. The van der Waals surface area contributed by atoms with Gasteiger partial charge in [-0.25, -0.2) is 0 Å². The summed E-state index contributed by atoms with van der Waals surface area (Å²) in [6.45, 7) is 4.33. The summed E-state index contributed by atoms with van der Waals surface area (Å²) in [4.78, 5) is 0. The Morgan fingerprint density at radius 1 is 1.21 bits per heavy atom. The molecule has 0 saturated heterocycles. The highest BCUT2D eigenvalue weighted by Gasteiger charge is 2.08. The molecule has 2 rings (SSSR count). The Labute approximate surface area is 126 Å². The molecule has 1 aromatic carbocycles. The fourth-order valence-corrected chi connectivity index (χ4v) is 3.29. The number of nitrogens with one attached hydrogen (secondary N) is 1. The Hall–Kier alpha value is -0.780. The van der Waals surface area contributed by atoms with Crippen molar-refractivity contribution < 1.29 is 0 Å². The molecule has 0 bridgehead atoms. The standard InChI is InChI=1S/C14H18BrN3S/c1-2-9-16-10-5-8-13-17-18-14(19-13)11-6-3-4-7-12(11)15/h3-4,6-7,16H,2,5,8-10H2,1H3. The number of hydrogen-bond donors (Lipinski definition) is 1. The molecule has 0 spiro atoms. The molecule has 0 amide bonds. The Balaban J connectivity index is 1.91. The molecule has 2 aromatic rings. The molecule has 0 aliphatic rings. The van der Waals surface area contributed by atoms with Gasteiger partial charge in [0.25, 0.3) is 0 Å². The first kappa shape index (κ1) is 14.6. The molecule has 1 aromatic heterocycles. The minimum atomic E-state index is 0.990. The van der Waals surface area contributed by atoms with Gasteiger partial charge in [0, 0.05) is 16.5 Å². The van der Waals surface area contributed by atoms with Crippen LogP contribution in [0.25, 0.3) is 10.6 Å². The normalized spacial score (nSPS) is 10.8. The minimum absolute atomic E-state index is 0.990. The van der Waals surface area contributed by atoms with E-state index in [1.165, 1.54) is 6.42 Å². The fourth-order valence-electron chi connectivity index (χ4n) is 1.76. The van der Waals surface area contributed by atoms with E-state index in [0.29, 0.717) is 0 Å². The topological polar surface area (TPSA) is 37.8 Å². The second-order valence-electron chi connectivity index (χ2n) is 4.33. The van der Waals surface area contributed by atoms with Crippen molar-refractivity contribution in [2.75, 3.05) is 13.1 Å². The molecule has 0 saturated carbocycles. The van der Waals surface area contributed by atoms with Crippen molar-refractivity contribution in [1.82, 2.24) is 15.5 Å². The van der Waals surface area contributed by atoms with Gasteiger partial charge < -0.3 is 5.32 Å². The predicted octanol–water partition coefficient (Wildman–Crippen LogP) is 3.90. The van der Waals surface area contributed by atoms with Crippen LogP contribution < -0.4 is 5.32 Å². The Bertz CT molecular complexity index is 513. The van der Waals surface area contributed by atoms with Crippen LogP contribution in [0, 0.1) is 0 Å². The van der Waals surface area contributed by atoms with E-state index in [2.05, 4.69) is 44.4 Å². The van der Waals surface area contributed by atoms with Gasteiger partial charge in [-0.3, -0.25) is 0 Å². The van der Waals surface area contributed by atoms with Gasteiger partial charge in [-0.2, -0.15) is 0 Å². The SMILES string of the molecule is CCCNCCCc1nnc(-c2ccccc2Br)s1. The monoisotopic (exact) mass is 339 g/mol. The summed E-state index contributed by atoms with van der Waals surface area (Å²) in [5.74, 6) is 0. The maximum Gasteiger partial charge on any atom is 0.148 e. The van der Waals surface area contributed by atoms with Crippen LogP contribution in [-0.2, 0) is 6.42 Å². The zero-order valence-corrected chi connectivity index (χ0v) is 13.4. The number of benzene rings is 1. The molecule has 102 valence electrons. The Kier molecular flexibility index (Phi) is 5.94. The first-order chi connectivity index (χ1) is 9.31. The molecule has 19 heavy (non-hydrogen) atoms. The second-order valence-corrected chi connectivity index (χ2v) is 6.25. The zero-order valence-electron chi connectivity index (χ0n) is 11.0. The van der Waals surface area contributed by atoms with Crippen molar-refractivity contribution in [3.63, 3.8) is 0 Å². The van der Waals surface area contributed by atoms with Gasteiger partial charge in [0.1, 0.15) is 10.0 Å². The van der Waals surface area contributed by atoms with Crippen molar-refractivity contribution >= 4 is 27.3 Å². The summed E-state index contributed by atoms with van der Waals surface area (Å²) in [5.41, 5.74) is 1.12. The second kappa shape index (κ2) is 7.72. The Morgan fingerprint density at radius 3 is 2.84 bits per heavy atom. The van der Waals surface area contributed by atoms with Crippen LogP contribution >= 0.6 is 27.3 Å². The van der Waals surface area contributed by atoms with Crippen LogP contribution in [0.5, 0.6) is 0 Å². The molecule has 0 aliphatic heterocycles. The Morgan fingerprint density at radius 2 is 2.05 bits per heavy atom. The third kappa shape index (κ3) is 4.37. The lowest BCUT2D eigenvalue weighted by Crippen LogP contribution is -2.16. The van der Waals surface area contributed by atoms with E-state index in [0.717, 1.165) is 46.0 Å². The van der Waals surface area contributed by atoms with Crippen LogP contribution in [0.15, 0.2) is 28.7 Å². The van der Waals surface area contributed by atoms with Crippen molar-refractivity contribution in [1.29, 1.82) is 0 Å². The predicted molar refractivity (Wildman–Crippen MR) is 84.5 cm³/mol. The van der Waals surface area contributed by atoms with E-state index in [4.69, 9.17) is 0 Å². The van der Waals surface area contributed by atoms with Gasteiger partial charge in [0.2, 0.25) is 0 Å². The first-order valence-corrected chi connectivity index (χ1v) is 8.20. The van der Waals surface area contributed by atoms with E-state index in [1.807, 2.05) is 18.2 Å². The summed E-state index contributed by atoms with van der Waals surface area (Å²) in [7, 11) is 0. The lowest BCUT2D eigenvalue weighted by molar-refractivity contribution is 0.637. The molecule has 1 heterocycles. The highest BCUT2D eigenvalue weighted by Crippen LogP contribution is 2.30. The summed E-state index contributed by atoms with van der Waals surface area (Å²) >= 11 is 5.24. The van der Waals surface area contributed by atoms with Crippen molar-refractivity contribution in [3.05, 3.63) is 33.7 Å². The van der Waals surface area contributed by atoms with E-state index >= 15 is 0 Å². The van der Waals surface area contributed by atoms with Crippen LogP contribution in [0.1, 0.15) is 24.8 Å². The summed E-state index contributed by atoms with van der Waals surface area (Å²) < 4.78 is 1.07. The number of halogens is 1. The number of rotatable bonds is 7. The quantitative estimate of drug-likeness (QED) is 0.777. The smallest absolute Gasteiger partial charge is 0.148 e. The van der Waals surface area contributed by atoms with Crippen molar-refractivity contribution in [2.45, 2.75) is 26.2 Å². The number of aryl methyl sites for hydroxylation is 1. The number of hydrogen-bond acceptors (Lipinski definition) is 4. The van der Waals surface area contributed by atoms with E-state index in [1.54, 1.807) is 11.3 Å². The van der Waals surface area contributed by atoms with Gasteiger partial charge in [-0.05, 0) is 32.0 Å². The molecule has 0 radical (unpaired) electrons. The van der Waals surface area contributed by atoms with Crippen LogP contribution in [0.2, 0.25) is 0 Å². The van der Waals surface area contributed by atoms with Crippen LogP contribution in [0.3, 0.4) is 0 Å². The molecule has 0 atom stereocenters. The molecule has 3 nitrogen and oxygen atoms in total. The maximum absolute atomic E-state index is 4.28. The van der Waals surface area contributed by atoms with Crippen LogP contribution in [0.4, 0.5) is 0 Å². The minimum Gasteiger partial charge on any atom is -0.317 e. The average molecular weight is 340 g/mol. The third-order valence-electron chi connectivity index (χ3n) is 2.74. The van der Waals surface area contributed by atoms with Gasteiger partial charge in [0.15, 0.2) is 0 Å². The van der Waals surface area contributed by atoms with E-state index in [-0.39, 0.29) is 0 Å². The maximum atomic E-state index is 4.28. The summed E-state index contributed by atoms with van der Waals surface area (Å²) in [6, 6.07) is 8.13. The molecule has 0 unspecified atom stereocenters. The van der Waals surface area contributed by atoms with E-state index < -0.39 is 0 Å². The lowest BCUT2D eigenvalue weighted by atomic mass is 10.2. The molecular weight excluding hydrogens is 322 g/mol. The largest absolute Gasteiger partial charge is 0.317 e. The fraction of sp³-hybridized carbons (Fsp3) is 0.429. The van der Waals surface area contributed by atoms with Gasteiger partial charge in [0.05, 0.1) is 0 Å². The van der Waals surface area contributed by atoms with Gasteiger partial charge in [-0.15, -0.1) is 10.2 Å². The zero-order chi connectivity index (χ0) is 13.5. The molecule has 1 N–H and O–H groups in total. The van der Waals surface area contributed by atoms with Crippen molar-refractivity contribution in [3.8, 4) is 10.6 Å². The number of aromatic nitrogens is 2. The van der Waals surface area contributed by atoms with E-state index in [9.17, 15) is 0 Å². The highest BCUT2D eigenvalue weighted by atomic mass is 79.9. The highest BCUT2D eigenvalue weighted by molar-refractivity contribution is 9.10. The first-order valence-electron chi connectivity index (χ1n) is 6.59. The third-order valence-corrected chi connectivity index (χ3v) is 4.45. The van der Waals surface area contributed by atoms with Gasteiger partial charge in [-0.1, -0.05) is 52.4 Å². The van der Waals surface area contributed by atoms with Gasteiger partial charge >= 0.3 is 0 Å². The van der Waals surface area contributed by atoms with Crippen LogP contribution in [-0.4, -0.2) is 23.3 Å². The molecule has 0 fully saturated rings.